The molecule has 0 bridgehead atoms. The van der Waals surface area contributed by atoms with Gasteiger partial charge in [-0.25, -0.2) is 4.98 Å². The molecule has 30 heavy (non-hydrogen) atoms. The molecule has 4 aromatic rings. The van der Waals surface area contributed by atoms with Gasteiger partial charge in [-0.05, 0) is 60.7 Å². The Morgan fingerprint density at radius 3 is 2.70 bits per heavy atom. The summed E-state index contributed by atoms with van der Waals surface area (Å²) in [6.45, 7) is 0.192. The number of hydrogen-bond acceptors (Lipinski definition) is 4. The van der Waals surface area contributed by atoms with Gasteiger partial charge in [0.05, 0.1) is 11.3 Å². The molecule has 0 spiro atoms. The van der Waals surface area contributed by atoms with Crippen LogP contribution in [0, 0.1) is 0 Å². The molecular formula is C23H16Cl2N2O3. The Morgan fingerprint density at radius 2 is 1.93 bits per heavy atom. The molecule has 7 heteroatoms. The lowest BCUT2D eigenvalue weighted by molar-refractivity contribution is 0.104. The molecule has 0 N–H and O–H groups in total. The van der Waals surface area contributed by atoms with Crippen LogP contribution in [0.25, 0.3) is 11.8 Å². The number of carbonyl (C=O) groups is 1. The van der Waals surface area contributed by atoms with Crippen LogP contribution in [0.5, 0.6) is 5.75 Å². The van der Waals surface area contributed by atoms with Crippen LogP contribution in [0.1, 0.15) is 21.9 Å². The van der Waals surface area contributed by atoms with E-state index in [0.29, 0.717) is 32.9 Å². The third-order valence-corrected chi connectivity index (χ3v) is 4.85. The predicted octanol–water partition coefficient (Wildman–Crippen LogP) is 6.25. The van der Waals surface area contributed by atoms with Crippen molar-refractivity contribution in [3.05, 3.63) is 107 Å². The second-order valence-electron chi connectivity index (χ2n) is 6.38. The maximum Gasteiger partial charge on any atom is 0.185 e. The Labute approximate surface area is 183 Å². The van der Waals surface area contributed by atoms with E-state index in [0.717, 1.165) is 5.69 Å². The van der Waals surface area contributed by atoms with E-state index in [-0.39, 0.29) is 12.4 Å². The molecular weight excluding hydrogens is 423 g/mol. The minimum atomic E-state index is -0.118. The van der Waals surface area contributed by atoms with Crippen LogP contribution in [0.15, 0.2) is 83.8 Å². The second-order valence-corrected chi connectivity index (χ2v) is 7.23. The number of allylic oxidation sites excluding steroid dienone is 1. The minimum Gasteiger partial charge on any atom is -0.484 e. The van der Waals surface area contributed by atoms with Gasteiger partial charge in [-0.2, -0.15) is 0 Å². The summed E-state index contributed by atoms with van der Waals surface area (Å²) < 4.78 is 13.2. The molecule has 0 aliphatic rings. The number of carbonyl (C=O) groups excluding carboxylic acids is 1. The molecule has 0 aliphatic heterocycles. The molecule has 0 saturated carbocycles. The summed E-state index contributed by atoms with van der Waals surface area (Å²) in [5.74, 6) is 1.51. The van der Waals surface area contributed by atoms with Gasteiger partial charge in [0.25, 0.3) is 0 Å². The highest BCUT2D eigenvalue weighted by Gasteiger charge is 2.07. The third-order valence-electron chi connectivity index (χ3n) is 4.30. The molecule has 0 amide bonds. The summed E-state index contributed by atoms with van der Waals surface area (Å²) in [5.41, 5.74) is 1.52. The van der Waals surface area contributed by atoms with Crippen LogP contribution in [0.4, 0.5) is 0 Å². The van der Waals surface area contributed by atoms with Gasteiger partial charge in [-0.1, -0.05) is 23.2 Å². The molecule has 2 heterocycles. The Morgan fingerprint density at radius 1 is 1.10 bits per heavy atom. The summed E-state index contributed by atoms with van der Waals surface area (Å²) in [6, 6.07) is 15.8. The fourth-order valence-electron chi connectivity index (χ4n) is 2.76. The van der Waals surface area contributed by atoms with E-state index in [1.165, 1.54) is 6.08 Å². The summed E-state index contributed by atoms with van der Waals surface area (Å²) in [5, 5.41) is 1.00. The number of ketones is 1. The van der Waals surface area contributed by atoms with Crippen molar-refractivity contribution in [3.8, 4) is 11.4 Å². The van der Waals surface area contributed by atoms with Gasteiger partial charge in [0.1, 0.15) is 23.9 Å². The number of benzene rings is 2. The molecule has 2 aromatic carbocycles. The molecule has 0 atom stereocenters. The maximum absolute atomic E-state index is 12.4. The Hall–Kier alpha value is -3.28. The zero-order chi connectivity index (χ0) is 20.9. The van der Waals surface area contributed by atoms with E-state index in [2.05, 4.69) is 4.98 Å². The summed E-state index contributed by atoms with van der Waals surface area (Å²) in [4.78, 5) is 16.4. The number of furan rings is 1. The zero-order valence-corrected chi connectivity index (χ0v) is 17.2. The number of nitrogens with zero attached hydrogens (tertiary/aromatic N) is 2. The van der Waals surface area contributed by atoms with E-state index < -0.39 is 0 Å². The Balaban J connectivity index is 1.37. The number of ether oxygens (including phenoxy) is 1. The molecule has 0 unspecified atom stereocenters. The summed E-state index contributed by atoms with van der Waals surface area (Å²) in [7, 11) is 0. The highest BCUT2D eigenvalue weighted by Crippen LogP contribution is 2.28. The standard InChI is InChI=1S/C23H16Cl2N2O3/c24-17-3-9-21(25)23(13-17)29-14-20-7-6-19(30-20)8-10-22(28)16-1-4-18(5-2-16)27-12-11-26-15-27/h1-13,15H,14H2/b10-8+. The van der Waals surface area contributed by atoms with Gasteiger partial charge in [0.15, 0.2) is 5.78 Å². The molecule has 4 rings (SSSR count). The van der Waals surface area contributed by atoms with Crippen LogP contribution < -0.4 is 4.74 Å². The van der Waals surface area contributed by atoms with Crippen molar-refractivity contribution in [2.24, 2.45) is 0 Å². The minimum absolute atomic E-state index is 0.118. The zero-order valence-electron chi connectivity index (χ0n) is 15.7. The quantitative estimate of drug-likeness (QED) is 0.252. The smallest absolute Gasteiger partial charge is 0.185 e. The number of rotatable bonds is 7. The SMILES string of the molecule is O=C(/C=C/c1ccc(COc2cc(Cl)ccc2Cl)o1)c1ccc(-n2ccnc2)cc1. The normalized spacial score (nSPS) is 11.1. The van der Waals surface area contributed by atoms with Crippen molar-refractivity contribution in [2.45, 2.75) is 6.61 Å². The van der Waals surface area contributed by atoms with E-state index in [1.54, 1.807) is 61.1 Å². The second kappa shape index (κ2) is 9.03. The molecule has 0 aliphatic carbocycles. The van der Waals surface area contributed by atoms with Crippen molar-refractivity contribution < 1.29 is 13.9 Å². The Bertz CT molecular complexity index is 1180. The first-order valence-electron chi connectivity index (χ1n) is 9.06. The van der Waals surface area contributed by atoms with Crippen LogP contribution >= 0.6 is 23.2 Å². The monoisotopic (exact) mass is 438 g/mol. The third kappa shape index (κ3) is 4.82. The van der Waals surface area contributed by atoms with Crippen LogP contribution in [0.3, 0.4) is 0 Å². The van der Waals surface area contributed by atoms with Gasteiger partial charge < -0.3 is 13.7 Å². The number of hydrogen-bond donors (Lipinski definition) is 0. The average Bonchev–Trinajstić information content (AvgIpc) is 3.45. The van der Waals surface area contributed by atoms with Gasteiger partial charge in [-0.15, -0.1) is 0 Å². The fraction of sp³-hybridized carbons (Fsp3) is 0.0435. The van der Waals surface area contributed by atoms with Gasteiger partial charge in [0, 0.05) is 34.7 Å². The molecule has 0 radical (unpaired) electrons. The predicted molar refractivity (Wildman–Crippen MR) is 116 cm³/mol. The lowest BCUT2D eigenvalue weighted by Crippen LogP contribution is -1.96. The Kier molecular flexibility index (Phi) is 6.02. The average molecular weight is 439 g/mol. The number of aromatic nitrogens is 2. The first-order chi connectivity index (χ1) is 14.6. The first-order valence-corrected chi connectivity index (χ1v) is 9.81. The van der Waals surface area contributed by atoms with Crippen LogP contribution in [0.2, 0.25) is 10.0 Å². The summed E-state index contributed by atoms with van der Waals surface area (Å²) in [6.07, 6.45) is 8.35. The van der Waals surface area contributed by atoms with E-state index >= 15 is 0 Å². The highest BCUT2D eigenvalue weighted by molar-refractivity contribution is 6.34. The van der Waals surface area contributed by atoms with Gasteiger partial charge in [0.2, 0.25) is 0 Å². The number of imidazole rings is 1. The van der Waals surface area contributed by atoms with Gasteiger partial charge >= 0.3 is 0 Å². The van der Waals surface area contributed by atoms with E-state index in [9.17, 15) is 4.79 Å². The van der Waals surface area contributed by atoms with E-state index in [1.807, 2.05) is 22.9 Å². The molecule has 0 saturated heterocycles. The van der Waals surface area contributed by atoms with Crippen molar-refractivity contribution in [3.63, 3.8) is 0 Å². The lowest BCUT2D eigenvalue weighted by Gasteiger charge is -2.06. The molecule has 0 fully saturated rings. The van der Waals surface area contributed by atoms with Crippen LogP contribution in [-0.2, 0) is 6.61 Å². The molecule has 2 aromatic heterocycles. The molecule has 150 valence electrons. The first kappa shape index (κ1) is 20.0. The topological polar surface area (TPSA) is 57.3 Å². The number of halogens is 2. The highest BCUT2D eigenvalue weighted by atomic mass is 35.5. The van der Waals surface area contributed by atoms with Gasteiger partial charge in [-0.3, -0.25) is 4.79 Å². The van der Waals surface area contributed by atoms with Crippen molar-refractivity contribution in [1.29, 1.82) is 0 Å². The van der Waals surface area contributed by atoms with E-state index in [4.69, 9.17) is 32.4 Å². The van der Waals surface area contributed by atoms with Crippen molar-refractivity contribution in [1.82, 2.24) is 9.55 Å². The van der Waals surface area contributed by atoms with Crippen molar-refractivity contribution >= 4 is 35.1 Å². The maximum atomic E-state index is 12.4. The molecule has 5 nitrogen and oxygen atoms in total. The fourth-order valence-corrected chi connectivity index (χ4v) is 3.10. The largest absolute Gasteiger partial charge is 0.484 e. The van der Waals surface area contributed by atoms with Crippen LogP contribution in [-0.4, -0.2) is 15.3 Å². The lowest BCUT2D eigenvalue weighted by atomic mass is 10.1. The summed E-state index contributed by atoms with van der Waals surface area (Å²) >= 11 is 12.0. The van der Waals surface area contributed by atoms with Crippen molar-refractivity contribution in [2.75, 3.05) is 0 Å².